The van der Waals surface area contributed by atoms with Crippen LogP contribution in [0.3, 0.4) is 0 Å². The second-order valence-corrected chi connectivity index (χ2v) is 19.7. The van der Waals surface area contributed by atoms with Crippen LogP contribution in [0.25, 0.3) is 33.4 Å². The lowest BCUT2D eigenvalue weighted by Crippen LogP contribution is -2.63. The number of ether oxygens (including phenoxy) is 3. The van der Waals surface area contributed by atoms with Crippen LogP contribution < -0.4 is 15.6 Å². The number of fused-ring (bicyclic) bond motifs is 6. The number of aromatic nitrogens is 3. The van der Waals surface area contributed by atoms with Crippen LogP contribution in [0.5, 0.6) is 0 Å². The highest BCUT2D eigenvalue weighted by Crippen LogP contribution is 2.43. The molecule has 3 amide bonds. The smallest absolute Gasteiger partial charge is 0.324 e. The van der Waals surface area contributed by atoms with Crippen LogP contribution >= 0.6 is 11.3 Å². The minimum absolute atomic E-state index is 0.165. The molecule has 17 heteroatoms. The molecule has 0 saturated carbocycles. The van der Waals surface area contributed by atoms with Crippen molar-refractivity contribution in [1.29, 1.82) is 0 Å². The van der Waals surface area contributed by atoms with Gasteiger partial charge in [-0.3, -0.25) is 19.6 Å². The van der Waals surface area contributed by atoms with Gasteiger partial charge in [0.1, 0.15) is 12.1 Å². The van der Waals surface area contributed by atoms with Crippen molar-refractivity contribution >= 4 is 45.8 Å². The van der Waals surface area contributed by atoms with Crippen molar-refractivity contribution in [2.75, 3.05) is 98.8 Å². The van der Waals surface area contributed by atoms with Crippen molar-refractivity contribution in [3.8, 4) is 22.5 Å². The average molecular weight is 899 g/mol. The highest BCUT2D eigenvalue weighted by atomic mass is 32.1. The van der Waals surface area contributed by atoms with Gasteiger partial charge in [0.05, 0.1) is 59.3 Å². The summed E-state index contributed by atoms with van der Waals surface area (Å²) in [5.74, 6) is -0.732. The van der Waals surface area contributed by atoms with Crippen molar-refractivity contribution in [3.63, 3.8) is 0 Å². The third-order valence-corrected chi connectivity index (χ3v) is 14.2. The quantitative estimate of drug-likeness (QED) is 0.234. The first-order valence-electron chi connectivity index (χ1n) is 22.8. The standard InChI is InChI=1S/C47H66N10O6S/c1-9-55-40-13-12-31-21-34(40)36(43(55)35-22-32(25-48-42(35)30(2)62-8)54-18-15-52(5)16-19-54)24-47(3,4)29-63-45(59)37-11-10-14-57(51-37)44(58)38(23-41-49-39(31)28-64-41)50-46(60)56-20-17-53(6)26-33(56)27-61-7/h12-13,21-22,25,28,30,33,37-38,51H,9-11,14-20,23-24,26-27,29H2,1-8H3,(H,50,60)/t30-,33+,37-,38-/m0/s1. The second kappa shape index (κ2) is 19.4. The molecule has 6 bridgehead atoms. The minimum atomic E-state index is -0.941. The Balaban J connectivity index is 1.23. The summed E-state index contributed by atoms with van der Waals surface area (Å²) in [5.41, 5.74) is 10.7. The number of benzene rings is 1. The third-order valence-electron chi connectivity index (χ3n) is 13.4. The van der Waals surface area contributed by atoms with E-state index in [0.29, 0.717) is 63.6 Å². The molecule has 0 spiro atoms. The Morgan fingerprint density at radius 1 is 1.06 bits per heavy atom. The van der Waals surface area contributed by atoms with Crippen molar-refractivity contribution in [2.24, 2.45) is 5.41 Å². The number of amides is 3. The summed E-state index contributed by atoms with van der Waals surface area (Å²) in [6, 6.07) is 6.67. The average Bonchev–Trinajstić information content (AvgIpc) is 3.89. The van der Waals surface area contributed by atoms with Crippen LogP contribution in [0.2, 0.25) is 0 Å². The molecule has 8 rings (SSSR count). The van der Waals surface area contributed by atoms with Gasteiger partial charge in [0.15, 0.2) is 0 Å². The Morgan fingerprint density at radius 3 is 2.59 bits per heavy atom. The number of carbonyl (C=O) groups excluding carboxylic acids is 3. The zero-order valence-corrected chi connectivity index (χ0v) is 39.6. The molecule has 0 unspecified atom stereocenters. The lowest BCUT2D eigenvalue weighted by atomic mass is 9.84. The van der Waals surface area contributed by atoms with Gasteiger partial charge >= 0.3 is 12.0 Å². The molecule has 64 heavy (non-hydrogen) atoms. The summed E-state index contributed by atoms with van der Waals surface area (Å²) < 4.78 is 20.0. The van der Waals surface area contributed by atoms with Gasteiger partial charge in [0.25, 0.3) is 5.91 Å². The van der Waals surface area contributed by atoms with Crippen LogP contribution in [0.1, 0.15) is 62.9 Å². The molecule has 4 atom stereocenters. The Labute approximate surface area is 381 Å². The Bertz CT molecular complexity index is 2320. The van der Waals surface area contributed by atoms with E-state index >= 15 is 0 Å². The maximum absolute atomic E-state index is 14.5. The topological polar surface area (TPSA) is 150 Å². The van der Waals surface area contributed by atoms with Gasteiger partial charge in [-0.2, -0.15) is 0 Å². The molecule has 0 aliphatic carbocycles. The molecule has 2 N–H and O–H groups in total. The maximum Gasteiger partial charge on any atom is 0.324 e. The largest absolute Gasteiger partial charge is 0.464 e. The van der Waals surface area contributed by atoms with Crippen LogP contribution in [-0.4, -0.2) is 164 Å². The molecule has 4 aliphatic heterocycles. The summed E-state index contributed by atoms with van der Waals surface area (Å²) in [6.45, 7) is 15.8. The first-order valence-corrected chi connectivity index (χ1v) is 23.7. The van der Waals surface area contributed by atoms with E-state index in [1.54, 1.807) is 19.1 Å². The molecule has 16 nitrogen and oxygen atoms in total. The van der Waals surface area contributed by atoms with Gasteiger partial charge in [-0.1, -0.05) is 19.9 Å². The Morgan fingerprint density at radius 2 is 1.84 bits per heavy atom. The highest BCUT2D eigenvalue weighted by Gasteiger charge is 2.38. The number of thiazole rings is 1. The molecule has 3 saturated heterocycles. The van der Waals surface area contributed by atoms with Gasteiger partial charge in [0.2, 0.25) is 0 Å². The normalized spacial score (nSPS) is 23.2. The highest BCUT2D eigenvalue weighted by molar-refractivity contribution is 7.10. The van der Waals surface area contributed by atoms with E-state index in [2.05, 4.69) is 82.1 Å². The fourth-order valence-corrected chi connectivity index (χ4v) is 10.5. The number of nitrogens with one attached hydrogen (secondary N) is 2. The van der Waals surface area contributed by atoms with E-state index < -0.39 is 23.5 Å². The number of urea groups is 1. The molecule has 4 aliphatic rings. The van der Waals surface area contributed by atoms with Crippen molar-refractivity contribution < 1.29 is 28.6 Å². The van der Waals surface area contributed by atoms with Crippen LogP contribution in [0.4, 0.5) is 10.5 Å². The number of piperazine rings is 2. The number of likely N-dealkylation sites (N-methyl/N-ethyl adjacent to an activating group) is 2. The SMILES string of the molecule is CCn1c(-c2cc(N3CCN(C)CC3)cnc2[C@H](C)OC)c2c3cc(ccc31)-c1csc(n1)C[C@H](NC(=O)N1CCN(C)C[C@@H]1COC)C(=O)N1CCC[C@H](N1)C(=O)OCC(C)(C)C2. The number of hydrogen-bond donors (Lipinski definition) is 2. The first-order chi connectivity index (χ1) is 30.8. The van der Waals surface area contributed by atoms with Crippen LogP contribution in [0, 0.1) is 5.41 Å². The number of hydrogen-bond acceptors (Lipinski definition) is 13. The number of pyridine rings is 1. The summed E-state index contributed by atoms with van der Waals surface area (Å²) in [7, 11) is 7.55. The lowest BCUT2D eigenvalue weighted by molar-refractivity contribution is -0.155. The fourth-order valence-electron chi connectivity index (χ4n) is 9.68. The van der Waals surface area contributed by atoms with E-state index in [-0.39, 0.29) is 37.1 Å². The number of methoxy groups -OCH3 is 2. The molecule has 3 aromatic heterocycles. The zero-order chi connectivity index (χ0) is 45.3. The molecular weight excluding hydrogens is 833 g/mol. The van der Waals surface area contributed by atoms with Gasteiger partial charge in [0, 0.05) is 112 Å². The minimum Gasteiger partial charge on any atom is -0.464 e. The molecule has 0 radical (unpaired) electrons. The van der Waals surface area contributed by atoms with Crippen LogP contribution in [0.15, 0.2) is 35.8 Å². The lowest BCUT2D eigenvalue weighted by Gasteiger charge is -2.40. The van der Waals surface area contributed by atoms with E-state index in [1.165, 1.54) is 16.3 Å². The maximum atomic E-state index is 14.5. The summed E-state index contributed by atoms with van der Waals surface area (Å²) in [5, 5.41) is 8.42. The molecular formula is C47H66N10O6S. The predicted octanol–water partition coefficient (Wildman–Crippen LogP) is 4.81. The van der Waals surface area contributed by atoms with E-state index in [0.717, 1.165) is 76.5 Å². The number of rotatable bonds is 8. The molecule has 3 fully saturated rings. The number of aryl methyl sites for hydroxylation is 1. The fraction of sp³-hybridized carbons (Fsp3) is 0.596. The van der Waals surface area contributed by atoms with Crippen molar-refractivity contribution in [2.45, 2.75) is 84.2 Å². The summed E-state index contributed by atoms with van der Waals surface area (Å²) >= 11 is 1.47. The van der Waals surface area contributed by atoms with E-state index in [4.69, 9.17) is 24.2 Å². The Hall–Kier alpha value is -4.65. The van der Waals surface area contributed by atoms with Gasteiger partial charge in [-0.15, -0.1) is 11.3 Å². The number of carbonyl (C=O) groups is 3. The first kappa shape index (κ1) is 45.9. The predicted molar refractivity (Wildman–Crippen MR) is 249 cm³/mol. The number of hydrazine groups is 1. The molecule has 4 aromatic rings. The number of esters is 1. The third kappa shape index (κ3) is 9.65. The zero-order valence-electron chi connectivity index (χ0n) is 38.8. The number of anilines is 1. The van der Waals surface area contributed by atoms with Crippen molar-refractivity contribution in [1.82, 2.24) is 45.0 Å². The molecule has 1 aromatic carbocycles. The molecule has 7 heterocycles. The number of nitrogens with zero attached hydrogens (tertiary/aromatic N) is 8. The van der Waals surface area contributed by atoms with E-state index in [1.807, 2.05) is 25.5 Å². The van der Waals surface area contributed by atoms with Gasteiger partial charge in [-0.05, 0) is 71.0 Å². The summed E-state index contributed by atoms with van der Waals surface area (Å²) in [4.78, 5) is 61.5. The monoisotopic (exact) mass is 898 g/mol. The number of cyclic esters (lactones) is 1. The Kier molecular flexibility index (Phi) is 13.9. The van der Waals surface area contributed by atoms with E-state index in [9.17, 15) is 14.4 Å². The summed E-state index contributed by atoms with van der Waals surface area (Å²) in [6.07, 6.45) is 3.63. The van der Waals surface area contributed by atoms with Crippen molar-refractivity contribution in [3.05, 3.63) is 52.1 Å². The van der Waals surface area contributed by atoms with Gasteiger partial charge in [-0.25, -0.2) is 15.2 Å². The van der Waals surface area contributed by atoms with Crippen LogP contribution in [-0.2, 0) is 43.2 Å². The molecule has 346 valence electrons. The second-order valence-electron chi connectivity index (χ2n) is 18.8. The van der Waals surface area contributed by atoms with Gasteiger partial charge < -0.3 is 43.7 Å².